The van der Waals surface area contributed by atoms with Gasteiger partial charge in [0.1, 0.15) is 11.4 Å². The Hall–Kier alpha value is -3.20. The number of halogens is 3. The molecule has 3 heterocycles. The van der Waals surface area contributed by atoms with Crippen molar-refractivity contribution in [1.29, 1.82) is 0 Å². The Labute approximate surface area is 170 Å². The van der Waals surface area contributed by atoms with Crippen molar-refractivity contribution in [3.05, 3.63) is 59.8 Å². The van der Waals surface area contributed by atoms with Gasteiger partial charge in [0.2, 0.25) is 0 Å². The lowest BCUT2D eigenvalue weighted by molar-refractivity contribution is -0.137. The predicted molar refractivity (Wildman–Crippen MR) is 106 cm³/mol. The average Bonchev–Trinajstić information content (AvgIpc) is 3.40. The topological polar surface area (TPSA) is 71.4 Å². The molecule has 4 aromatic rings. The van der Waals surface area contributed by atoms with E-state index in [0.29, 0.717) is 28.2 Å². The molecule has 0 saturated carbocycles. The fourth-order valence-corrected chi connectivity index (χ4v) is 3.94. The lowest BCUT2D eigenvalue weighted by Gasteiger charge is -2.23. The van der Waals surface area contributed by atoms with Crippen molar-refractivity contribution in [2.24, 2.45) is 0 Å². The van der Waals surface area contributed by atoms with Gasteiger partial charge in [-0.2, -0.15) is 18.3 Å². The fraction of sp³-hybridized carbons (Fsp3) is 0.286. The van der Waals surface area contributed by atoms with Gasteiger partial charge in [0.05, 0.1) is 23.0 Å². The highest BCUT2D eigenvalue weighted by molar-refractivity contribution is 5.92. The van der Waals surface area contributed by atoms with Crippen molar-refractivity contribution < 1.29 is 13.2 Å². The van der Waals surface area contributed by atoms with Crippen molar-refractivity contribution >= 4 is 10.9 Å². The van der Waals surface area contributed by atoms with Crippen LogP contribution in [0.5, 0.6) is 0 Å². The van der Waals surface area contributed by atoms with Crippen LogP contribution in [0.2, 0.25) is 0 Å². The zero-order valence-corrected chi connectivity index (χ0v) is 15.9. The molecule has 0 atom stereocenters. The van der Waals surface area contributed by atoms with E-state index < -0.39 is 11.7 Å². The number of aromatic amines is 1. The molecule has 2 aromatic heterocycles. The van der Waals surface area contributed by atoms with Gasteiger partial charge in [0.15, 0.2) is 0 Å². The van der Waals surface area contributed by atoms with E-state index in [2.05, 4.69) is 38.0 Å². The normalized spacial score (nSPS) is 15.7. The lowest BCUT2D eigenvalue weighted by Crippen LogP contribution is -2.26. The lowest BCUT2D eigenvalue weighted by atomic mass is 9.90. The van der Waals surface area contributed by atoms with Crippen LogP contribution in [0.4, 0.5) is 13.2 Å². The van der Waals surface area contributed by atoms with Gasteiger partial charge in [0, 0.05) is 5.39 Å². The zero-order valence-electron chi connectivity index (χ0n) is 15.9. The smallest absolute Gasteiger partial charge is 0.317 e. The number of benzene rings is 2. The maximum atomic E-state index is 12.9. The third kappa shape index (κ3) is 3.45. The van der Waals surface area contributed by atoms with E-state index in [1.165, 1.54) is 11.6 Å². The van der Waals surface area contributed by atoms with Crippen LogP contribution >= 0.6 is 0 Å². The largest absolute Gasteiger partial charge is 0.416 e. The van der Waals surface area contributed by atoms with Gasteiger partial charge in [-0.3, -0.25) is 5.10 Å². The Kier molecular flexibility index (Phi) is 4.54. The monoisotopic (exact) mass is 412 g/mol. The Bertz CT molecular complexity index is 1170. The molecule has 0 bridgehead atoms. The van der Waals surface area contributed by atoms with Gasteiger partial charge < -0.3 is 5.32 Å². The second kappa shape index (κ2) is 7.24. The molecule has 1 saturated heterocycles. The van der Waals surface area contributed by atoms with Gasteiger partial charge in [-0.1, -0.05) is 17.3 Å². The minimum Gasteiger partial charge on any atom is -0.317 e. The second-order valence-corrected chi connectivity index (χ2v) is 7.49. The minimum absolute atomic E-state index is 0.306. The molecule has 1 aliphatic heterocycles. The number of rotatable bonds is 3. The van der Waals surface area contributed by atoms with Gasteiger partial charge >= 0.3 is 6.18 Å². The summed E-state index contributed by atoms with van der Waals surface area (Å²) in [6.45, 7) is 2.09. The molecule has 1 fully saturated rings. The molecular formula is C21H19F3N6. The molecule has 0 unspecified atom stereocenters. The molecule has 5 rings (SSSR count). The Morgan fingerprint density at radius 1 is 1.00 bits per heavy atom. The number of nitrogens with zero attached hydrogens (tertiary/aromatic N) is 4. The van der Waals surface area contributed by atoms with E-state index >= 15 is 0 Å². The molecule has 0 aliphatic carbocycles. The maximum absolute atomic E-state index is 12.9. The summed E-state index contributed by atoms with van der Waals surface area (Å²) in [5.41, 5.74) is 2.73. The van der Waals surface area contributed by atoms with E-state index in [4.69, 9.17) is 0 Å². The SMILES string of the molecule is FC(F)(F)c1ccc2c(-c3cn(-c4ccc(C5CCNCC5)cc4)nn3)n[nH]c2c1. The number of piperidine rings is 1. The Morgan fingerprint density at radius 2 is 1.77 bits per heavy atom. The average molecular weight is 412 g/mol. The predicted octanol–water partition coefficient (Wildman–Crippen LogP) is 4.30. The van der Waals surface area contributed by atoms with Gasteiger partial charge in [0.25, 0.3) is 0 Å². The first kappa shape index (κ1) is 18.8. The summed E-state index contributed by atoms with van der Waals surface area (Å²) in [6.07, 6.45) is -0.403. The summed E-state index contributed by atoms with van der Waals surface area (Å²) in [5.74, 6) is 0.573. The first-order valence-electron chi connectivity index (χ1n) is 9.78. The highest BCUT2D eigenvalue weighted by atomic mass is 19.4. The van der Waals surface area contributed by atoms with Crippen LogP contribution in [0, 0.1) is 0 Å². The van der Waals surface area contributed by atoms with Crippen molar-refractivity contribution in [2.75, 3.05) is 13.1 Å². The van der Waals surface area contributed by atoms with Crippen molar-refractivity contribution in [3.8, 4) is 17.1 Å². The van der Waals surface area contributed by atoms with E-state index in [1.54, 1.807) is 10.9 Å². The van der Waals surface area contributed by atoms with Crippen LogP contribution in [0.25, 0.3) is 28.0 Å². The Balaban J connectivity index is 1.41. The number of hydrogen-bond acceptors (Lipinski definition) is 4. The number of alkyl halides is 3. The number of H-pyrrole nitrogens is 1. The first-order valence-corrected chi connectivity index (χ1v) is 9.78. The van der Waals surface area contributed by atoms with Crippen LogP contribution in [0.1, 0.15) is 29.9 Å². The molecule has 30 heavy (non-hydrogen) atoms. The van der Waals surface area contributed by atoms with Crippen LogP contribution < -0.4 is 5.32 Å². The third-order valence-electron chi connectivity index (χ3n) is 5.59. The molecule has 2 aromatic carbocycles. The second-order valence-electron chi connectivity index (χ2n) is 7.49. The number of fused-ring (bicyclic) bond motifs is 1. The molecule has 1 aliphatic rings. The van der Waals surface area contributed by atoms with Crippen molar-refractivity contribution in [2.45, 2.75) is 24.9 Å². The van der Waals surface area contributed by atoms with E-state index in [9.17, 15) is 13.2 Å². The molecule has 154 valence electrons. The summed E-state index contributed by atoms with van der Waals surface area (Å²) < 4.78 is 40.4. The zero-order chi connectivity index (χ0) is 20.7. The summed E-state index contributed by atoms with van der Waals surface area (Å²) >= 11 is 0. The summed E-state index contributed by atoms with van der Waals surface area (Å²) in [6, 6.07) is 11.8. The highest BCUT2D eigenvalue weighted by Gasteiger charge is 2.31. The van der Waals surface area contributed by atoms with Crippen molar-refractivity contribution in [3.63, 3.8) is 0 Å². The molecule has 0 radical (unpaired) electrons. The van der Waals surface area contributed by atoms with E-state index in [0.717, 1.165) is 43.8 Å². The highest BCUT2D eigenvalue weighted by Crippen LogP contribution is 2.33. The first-order chi connectivity index (χ1) is 14.5. The van der Waals surface area contributed by atoms with Crippen LogP contribution in [-0.4, -0.2) is 38.3 Å². The molecule has 0 spiro atoms. The van der Waals surface area contributed by atoms with E-state index in [1.807, 2.05) is 12.1 Å². The molecular weight excluding hydrogens is 393 g/mol. The molecule has 0 amide bonds. The third-order valence-corrected chi connectivity index (χ3v) is 5.59. The fourth-order valence-electron chi connectivity index (χ4n) is 3.94. The van der Waals surface area contributed by atoms with Crippen LogP contribution in [0.3, 0.4) is 0 Å². The maximum Gasteiger partial charge on any atom is 0.416 e. The van der Waals surface area contributed by atoms with Gasteiger partial charge in [-0.05, 0) is 67.7 Å². The number of hydrogen-bond donors (Lipinski definition) is 2. The van der Waals surface area contributed by atoms with Gasteiger partial charge in [-0.15, -0.1) is 5.10 Å². The number of nitrogens with one attached hydrogen (secondary N) is 2. The summed E-state index contributed by atoms with van der Waals surface area (Å²) in [5, 5.41) is 19.1. The minimum atomic E-state index is -4.40. The van der Waals surface area contributed by atoms with E-state index in [-0.39, 0.29) is 0 Å². The van der Waals surface area contributed by atoms with Gasteiger partial charge in [-0.25, -0.2) is 4.68 Å². The summed E-state index contributed by atoms with van der Waals surface area (Å²) in [7, 11) is 0. The summed E-state index contributed by atoms with van der Waals surface area (Å²) in [4.78, 5) is 0. The van der Waals surface area contributed by atoms with Crippen molar-refractivity contribution in [1.82, 2.24) is 30.5 Å². The molecule has 6 nitrogen and oxygen atoms in total. The standard InChI is InChI=1S/C21H19F3N6/c22-21(23,24)15-3-6-17-18(11-15)26-28-20(17)19-12-30(29-27-19)16-4-1-13(2-5-16)14-7-9-25-10-8-14/h1-6,11-12,14,25H,7-10H2,(H,26,28). The Morgan fingerprint density at radius 3 is 2.50 bits per heavy atom. The number of aromatic nitrogens is 5. The quantitative estimate of drug-likeness (QED) is 0.527. The molecule has 9 heteroatoms. The van der Waals surface area contributed by atoms with Crippen LogP contribution in [-0.2, 0) is 6.18 Å². The van der Waals surface area contributed by atoms with Crippen LogP contribution in [0.15, 0.2) is 48.7 Å². The molecule has 2 N–H and O–H groups in total.